The number of hydrogen-bond donors (Lipinski definition) is 0. The molecule has 0 N–H and O–H groups in total. The van der Waals surface area contributed by atoms with Crippen molar-refractivity contribution in [2.45, 2.75) is 20.0 Å². The van der Waals surface area contributed by atoms with E-state index in [1.165, 1.54) is 12.1 Å². The van der Waals surface area contributed by atoms with Gasteiger partial charge in [0.05, 0.1) is 16.1 Å². The first-order valence-electron chi connectivity index (χ1n) is 5.97. The van der Waals surface area contributed by atoms with Crippen LogP contribution in [0.2, 0.25) is 5.02 Å². The van der Waals surface area contributed by atoms with Gasteiger partial charge in [-0.05, 0) is 26.1 Å². The molecule has 0 aliphatic rings. The molecular weight excluding hydrogens is 298 g/mol. The fraction of sp³-hybridized carbons (Fsp3) is 0.308. The number of nitro groups is 1. The molecule has 106 valence electrons. The Morgan fingerprint density at radius 2 is 2.20 bits per heavy atom. The molecule has 0 radical (unpaired) electrons. The lowest BCUT2D eigenvalue weighted by atomic mass is 10.1. The van der Waals surface area contributed by atoms with E-state index in [0.717, 1.165) is 10.6 Å². The SMILES string of the molecule is Cc1ncsc1CN(C)Cc1cc(Cl)ccc1[N+](=O)[O-]. The summed E-state index contributed by atoms with van der Waals surface area (Å²) < 4.78 is 0. The maximum Gasteiger partial charge on any atom is 0.273 e. The molecule has 1 aromatic carbocycles. The van der Waals surface area contributed by atoms with Crippen molar-refractivity contribution in [3.8, 4) is 0 Å². The van der Waals surface area contributed by atoms with Gasteiger partial charge in [0, 0.05) is 34.6 Å². The number of thiazole rings is 1. The predicted molar refractivity (Wildman–Crippen MR) is 80.1 cm³/mol. The van der Waals surface area contributed by atoms with E-state index in [0.29, 0.717) is 23.7 Å². The number of hydrogen-bond acceptors (Lipinski definition) is 5. The second-order valence-corrected chi connectivity index (χ2v) is 5.94. The smallest absolute Gasteiger partial charge is 0.273 e. The number of benzene rings is 1. The van der Waals surface area contributed by atoms with Crippen molar-refractivity contribution < 1.29 is 4.92 Å². The second-order valence-electron chi connectivity index (χ2n) is 4.56. The van der Waals surface area contributed by atoms with Crippen molar-refractivity contribution in [2.24, 2.45) is 0 Å². The van der Waals surface area contributed by atoms with Gasteiger partial charge in [-0.25, -0.2) is 4.98 Å². The zero-order chi connectivity index (χ0) is 14.7. The molecule has 5 nitrogen and oxygen atoms in total. The Hall–Kier alpha value is -1.50. The van der Waals surface area contributed by atoms with Crippen molar-refractivity contribution in [3.05, 3.63) is 55.0 Å². The molecule has 0 aliphatic heterocycles. The van der Waals surface area contributed by atoms with Crippen LogP contribution in [0.5, 0.6) is 0 Å². The van der Waals surface area contributed by atoms with Crippen LogP contribution in [-0.4, -0.2) is 21.9 Å². The summed E-state index contributed by atoms with van der Waals surface area (Å²) in [7, 11) is 1.92. The molecule has 0 aliphatic carbocycles. The van der Waals surface area contributed by atoms with Crippen LogP contribution in [0.15, 0.2) is 23.7 Å². The Bertz CT molecular complexity index is 630. The molecule has 0 bridgehead atoms. The number of nitro benzene ring substituents is 1. The first kappa shape index (κ1) is 14.9. The molecule has 20 heavy (non-hydrogen) atoms. The summed E-state index contributed by atoms with van der Waals surface area (Å²) in [6.07, 6.45) is 0. The minimum absolute atomic E-state index is 0.0993. The third-order valence-corrected chi connectivity index (χ3v) is 4.09. The maximum atomic E-state index is 11.0. The monoisotopic (exact) mass is 311 g/mol. The number of nitrogens with zero attached hydrogens (tertiary/aromatic N) is 3. The average Bonchev–Trinajstić information content (AvgIpc) is 2.74. The highest BCUT2D eigenvalue weighted by Gasteiger charge is 2.16. The van der Waals surface area contributed by atoms with Crippen molar-refractivity contribution in [1.29, 1.82) is 0 Å². The zero-order valence-corrected chi connectivity index (χ0v) is 12.7. The van der Waals surface area contributed by atoms with Gasteiger partial charge >= 0.3 is 0 Å². The van der Waals surface area contributed by atoms with Crippen LogP contribution in [0.4, 0.5) is 5.69 Å². The number of aryl methyl sites for hydroxylation is 1. The van der Waals surface area contributed by atoms with E-state index in [4.69, 9.17) is 11.6 Å². The van der Waals surface area contributed by atoms with Gasteiger partial charge in [0.2, 0.25) is 0 Å². The van der Waals surface area contributed by atoms with Gasteiger partial charge in [0.15, 0.2) is 0 Å². The van der Waals surface area contributed by atoms with Crippen LogP contribution in [0.1, 0.15) is 16.1 Å². The van der Waals surface area contributed by atoms with E-state index in [1.54, 1.807) is 22.9 Å². The lowest BCUT2D eigenvalue weighted by Gasteiger charge is -2.16. The van der Waals surface area contributed by atoms with Gasteiger partial charge in [-0.2, -0.15) is 0 Å². The number of rotatable bonds is 5. The highest BCUT2D eigenvalue weighted by molar-refractivity contribution is 7.09. The predicted octanol–water partition coefficient (Wildman–Crippen LogP) is 3.65. The molecule has 0 unspecified atom stereocenters. The van der Waals surface area contributed by atoms with Gasteiger partial charge in [0.25, 0.3) is 5.69 Å². The normalized spacial score (nSPS) is 11.0. The molecule has 1 aromatic heterocycles. The van der Waals surface area contributed by atoms with Gasteiger partial charge in [0.1, 0.15) is 0 Å². The minimum Gasteiger partial charge on any atom is -0.297 e. The average molecular weight is 312 g/mol. The van der Waals surface area contributed by atoms with E-state index in [2.05, 4.69) is 4.98 Å². The van der Waals surface area contributed by atoms with Gasteiger partial charge in [-0.15, -0.1) is 11.3 Å². The largest absolute Gasteiger partial charge is 0.297 e. The lowest BCUT2D eigenvalue weighted by Crippen LogP contribution is -2.18. The quantitative estimate of drug-likeness (QED) is 0.624. The molecule has 0 spiro atoms. The Kier molecular flexibility index (Phi) is 4.69. The topological polar surface area (TPSA) is 59.3 Å². The van der Waals surface area contributed by atoms with E-state index in [1.807, 2.05) is 18.9 Å². The zero-order valence-electron chi connectivity index (χ0n) is 11.2. The number of aromatic nitrogens is 1. The van der Waals surface area contributed by atoms with E-state index in [-0.39, 0.29) is 10.6 Å². The molecule has 0 fully saturated rings. The van der Waals surface area contributed by atoms with Crippen LogP contribution in [-0.2, 0) is 13.1 Å². The standard InChI is InChI=1S/C13H14ClN3O2S/c1-9-13(20-8-15-9)7-16(2)6-10-5-11(14)3-4-12(10)17(18)19/h3-5,8H,6-7H2,1-2H3. The molecule has 0 atom stereocenters. The van der Waals surface area contributed by atoms with Crippen LogP contribution in [0.25, 0.3) is 0 Å². The van der Waals surface area contributed by atoms with Crippen LogP contribution in [0.3, 0.4) is 0 Å². The summed E-state index contributed by atoms with van der Waals surface area (Å²) in [5, 5.41) is 11.5. The highest BCUT2D eigenvalue weighted by Crippen LogP contribution is 2.24. The van der Waals surface area contributed by atoms with Gasteiger partial charge in [-0.3, -0.25) is 15.0 Å². The Labute approximate surface area is 126 Å². The Morgan fingerprint density at radius 3 is 2.80 bits per heavy atom. The molecule has 0 amide bonds. The molecule has 0 saturated carbocycles. The van der Waals surface area contributed by atoms with Crippen LogP contribution >= 0.6 is 22.9 Å². The van der Waals surface area contributed by atoms with Crippen molar-refractivity contribution in [2.75, 3.05) is 7.05 Å². The fourth-order valence-electron chi connectivity index (χ4n) is 1.93. The third kappa shape index (κ3) is 3.53. The molecule has 2 aromatic rings. The summed E-state index contributed by atoms with van der Waals surface area (Å²) in [4.78, 5) is 18.0. The van der Waals surface area contributed by atoms with E-state index >= 15 is 0 Å². The first-order chi connectivity index (χ1) is 9.47. The summed E-state index contributed by atoms with van der Waals surface area (Å²) in [6.45, 7) is 3.13. The Morgan fingerprint density at radius 1 is 1.45 bits per heavy atom. The third-order valence-electron chi connectivity index (χ3n) is 2.94. The van der Waals surface area contributed by atoms with Gasteiger partial charge < -0.3 is 0 Å². The summed E-state index contributed by atoms with van der Waals surface area (Å²) >= 11 is 7.51. The molecule has 2 rings (SSSR count). The molecule has 7 heteroatoms. The lowest BCUT2D eigenvalue weighted by molar-refractivity contribution is -0.385. The second kappa shape index (κ2) is 6.30. The minimum atomic E-state index is -0.378. The maximum absolute atomic E-state index is 11.0. The molecule has 0 saturated heterocycles. The fourth-order valence-corrected chi connectivity index (χ4v) is 2.98. The Balaban J connectivity index is 2.15. The van der Waals surface area contributed by atoms with Crippen LogP contribution < -0.4 is 0 Å². The van der Waals surface area contributed by atoms with Gasteiger partial charge in [-0.1, -0.05) is 11.6 Å². The summed E-state index contributed by atoms with van der Waals surface area (Å²) in [6, 6.07) is 4.63. The van der Waals surface area contributed by atoms with E-state index < -0.39 is 0 Å². The number of halogens is 1. The van der Waals surface area contributed by atoms with Crippen molar-refractivity contribution >= 4 is 28.6 Å². The van der Waals surface area contributed by atoms with E-state index in [9.17, 15) is 10.1 Å². The molecule has 1 heterocycles. The van der Waals surface area contributed by atoms with Crippen LogP contribution in [0, 0.1) is 17.0 Å². The molecular formula is C13H14ClN3O2S. The van der Waals surface area contributed by atoms with Crippen molar-refractivity contribution in [1.82, 2.24) is 9.88 Å². The first-order valence-corrected chi connectivity index (χ1v) is 7.23. The summed E-state index contributed by atoms with van der Waals surface area (Å²) in [5.41, 5.74) is 3.53. The van der Waals surface area contributed by atoms with Crippen molar-refractivity contribution in [3.63, 3.8) is 0 Å². The highest BCUT2D eigenvalue weighted by atomic mass is 35.5. The summed E-state index contributed by atoms with van der Waals surface area (Å²) in [5.74, 6) is 0.